The summed E-state index contributed by atoms with van der Waals surface area (Å²) < 4.78 is 7.27. The molecule has 37 heavy (non-hydrogen) atoms. The number of carbonyl (C=O) groups is 1. The van der Waals surface area contributed by atoms with E-state index in [4.69, 9.17) is 40.2 Å². The minimum atomic E-state index is -0.391. The second-order valence-corrected chi connectivity index (χ2v) is 10.8. The van der Waals surface area contributed by atoms with Crippen LogP contribution >= 0.6 is 46.8 Å². The Labute approximate surface area is 235 Å². The van der Waals surface area contributed by atoms with Gasteiger partial charge in [0, 0.05) is 10.4 Å². The number of thiophene rings is 1. The van der Waals surface area contributed by atoms with Crippen LogP contribution in [0.4, 0.5) is 10.7 Å². The maximum atomic E-state index is 13.0. The minimum Gasteiger partial charge on any atom is -0.462 e. The zero-order chi connectivity index (χ0) is 26.7. The Morgan fingerprint density at radius 2 is 1.81 bits per heavy atom. The maximum absolute atomic E-state index is 13.0. The lowest BCUT2D eigenvalue weighted by atomic mass is 10.0. The van der Waals surface area contributed by atoms with Crippen molar-refractivity contribution in [2.75, 3.05) is 17.2 Å². The zero-order valence-electron chi connectivity index (χ0n) is 20.8. The topological polar surface area (TPSA) is 68.2 Å². The summed E-state index contributed by atoms with van der Waals surface area (Å²) in [7, 11) is 0. The molecule has 10 heteroatoms. The normalized spacial score (nSPS) is 10.9. The van der Waals surface area contributed by atoms with Gasteiger partial charge in [-0.2, -0.15) is 5.10 Å². The lowest BCUT2D eigenvalue weighted by Gasteiger charge is -2.12. The first-order valence-electron chi connectivity index (χ1n) is 11.6. The lowest BCUT2D eigenvalue weighted by Crippen LogP contribution is -2.21. The van der Waals surface area contributed by atoms with Crippen LogP contribution in [0.2, 0.25) is 10.0 Å². The largest absolute Gasteiger partial charge is 0.462 e. The number of aryl methyl sites for hydroxylation is 2. The summed E-state index contributed by atoms with van der Waals surface area (Å²) in [6.07, 6.45) is 0. The van der Waals surface area contributed by atoms with Crippen LogP contribution in [0.3, 0.4) is 0 Å². The summed E-state index contributed by atoms with van der Waals surface area (Å²) >= 11 is 19.3. The highest BCUT2D eigenvalue weighted by molar-refractivity contribution is 7.80. The quantitative estimate of drug-likeness (QED) is 0.173. The van der Waals surface area contributed by atoms with Gasteiger partial charge in [0.2, 0.25) is 0 Å². The van der Waals surface area contributed by atoms with Gasteiger partial charge >= 0.3 is 5.97 Å². The van der Waals surface area contributed by atoms with Gasteiger partial charge in [-0.25, -0.2) is 4.79 Å². The molecule has 4 rings (SSSR count). The van der Waals surface area contributed by atoms with Crippen molar-refractivity contribution in [1.29, 1.82) is 0 Å². The molecule has 0 saturated carbocycles. The first-order chi connectivity index (χ1) is 17.7. The SMILES string of the molecule is CCOC(=O)c1c(NC(=S)Nc2c(C)nn(Cc3ccc(Cl)c(Cl)c3)c2C)sc(C)c1-c1ccccc1. The number of anilines is 2. The maximum Gasteiger partial charge on any atom is 0.341 e. The van der Waals surface area contributed by atoms with E-state index >= 15 is 0 Å². The van der Waals surface area contributed by atoms with Gasteiger partial charge in [-0.15, -0.1) is 11.3 Å². The van der Waals surface area contributed by atoms with E-state index in [1.165, 1.54) is 11.3 Å². The van der Waals surface area contributed by atoms with Gasteiger partial charge in [-0.05, 0) is 63.2 Å². The molecule has 0 spiro atoms. The number of esters is 1. The smallest absolute Gasteiger partial charge is 0.341 e. The first-order valence-corrected chi connectivity index (χ1v) is 13.6. The third kappa shape index (κ3) is 5.99. The van der Waals surface area contributed by atoms with Crippen molar-refractivity contribution < 1.29 is 9.53 Å². The Morgan fingerprint density at radius 3 is 2.49 bits per heavy atom. The number of thiocarbonyl (C=S) groups is 1. The van der Waals surface area contributed by atoms with Crippen molar-refractivity contribution >= 4 is 68.5 Å². The highest BCUT2D eigenvalue weighted by Gasteiger charge is 2.25. The van der Waals surface area contributed by atoms with Crippen molar-refractivity contribution in [3.05, 3.63) is 86.0 Å². The van der Waals surface area contributed by atoms with Crippen molar-refractivity contribution in [3.63, 3.8) is 0 Å². The lowest BCUT2D eigenvalue weighted by molar-refractivity contribution is 0.0529. The van der Waals surface area contributed by atoms with Crippen molar-refractivity contribution in [3.8, 4) is 11.1 Å². The Morgan fingerprint density at radius 1 is 1.08 bits per heavy atom. The van der Waals surface area contributed by atoms with E-state index in [-0.39, 0.29) is 6.61 Å². The van der Waals surface area contributed by atoms with E-state index in [1.54, 1.807) is 13.0 Å². The second-order valence-electron chi connectivity index (χ2n) is 8.35. The second kappa shape index (κ2) is 11.6. The number of nitrogens with zero attached hydrogens (tertiary/aromatic N) is 2. The number of carbonyl (C=O) groups excluding carboxylic acids is 1. The first kappa shape index (κ1) is 27.1. The third-order valence-corrected chi connectivity index (χ3v) is 7.75. The number of nitrogens with one attached hydrogen (secondary N) is 2. The number of rotatable bonds is 7. The van der Waals surface area contributed by atoms with Crippen LogP contribution in [0.5, 0.6) is 0 Å². The van der Waals surface area contributed by atoms with Crippen LogP contribution in [-0.2, 0) is 11.3 Å². The molecule has 0 aliphatic carbocycles. The van der Waals surface area contributed by atoms with E-state index in [2.05, 4.69) is 15.7 Å². The molecule has 0 radical (unpaired) electrons. The summed E-state index contributed by atoms with van der Waals surface area (Å²) in [5, 5.41) is 13.2. The number of hydrogen-bond acceptors (Lipinski definition) is 5. The Hall–Kier alpha value is -2.91. The molecular weight excluding hydrogens is 547 g/mol. The third-order valence-electron chi connectivity index (χ3n) is 5.79. The predicted molar refractivity (Wildman–Crippen MR) is 158 cm³/mol. The number of benzene rings is 2. The Balaban J connectivity index is 1.59. The van der Waals surface area contributed by atoms with Crippen LogP contribution in [-0.4, -0.2) is 27.5 Å². The molecule has 2 aromatic carbocycles. The van der Waals surface area contributed by atoms with Crippen molar-refractivity contribution in [2.45, 2.75) is 34.2 Å². The van der Waals surface area contributed by atoms with Gasteiger partial charge in [0.15, 0.2) is 5.11 Å². The molecule has 6 nitrogen and oxygen atoms in total. The van der Waals surface area contributed by atoms with Crippen LogP contribution < -0.4 is 10.6 Å². The van der Waals surface area contributed by atoms with Crippen LogP contribution in [0.15, 0.2) is 48.5 Å². The Bertz CT molecular complexity index is 1470. The summed E-state index contributed by atoms with van der Waals surface area (Å²) in [6, 6.07) is 15.3. The molecule has 0 atom stereocenters. The van der Waals surface area contributed by atoms with Gasteiger partial charge in [0.1, 0.15) is 10.6 Å². The van der Waals surface area contributed by atoms with E-state index in [9.17, 15) is 4.79 Å². The monoisotopic (exact) mass is 572 g/mol. The fraction of sp³-hybridized carbons (Fsp3) is 0.222. The van der Waals surface area contributed by atoms with E-state index in [0.29, 0.717) is 32.3 Å². The van der Waals surface area contributed by atoms with Gasteiger partial charge < -0.3 is 15.4 Å². The van der Waals surface area contributed by atoms with Gasteiger partial charge in [-0.3, -0.25) is 4.68 Å². The molecule has 2 heterocycles. The van der Waals surface area contributed by atoms with Crippen molar-refractivity contribution in [2.24, 2.45) is 0 Å². The Kier molecular flexibility index (Phi) is 8.54. The van der Waals surface area contributed by atoms with Crippen LogP contribution in [0.1, 0.15) is 39.1 Å². The van der Waals surface area contributed by atoms with Gasteiger partial charge in [0.05, 0.1) is 40.3 Å². The average molecular weight is 574 g/mol. The number of hydrogen-bond donors (Lipinski definition) is 2. The number of aromatic nitrogens is 2. The molecule has 0 aliphatic heterocycles. The van der Waals surface area contributed by atoms with E-state index in [0.717, 1.165) is 38.6 Å². The molecule has 2 N–H and O–H groups in total. The minimum absolute atomic E-state index is 0.278. The number of ether oxygens (including phenoxy) is 1. The number of halogens is 2. The van der Waals surface area contributed by atoms with Crippen LogP contribution in [0.25, 0.3) is 11.1 Å². The molecule has 4 aromatic rings. The molecular formula is C27H26Cl2N4O2S2. The highest BCUT2D eigenvalue weighted by Crippen LogP contribution is 2.40. The van der Waals surface area contributed by atoms with Crippen LogP contribution in [0, 0.1) is 20.8 Å². The molecule has 0 bridgehead atoms. The molecule has 192 valence electrons. The highest BCUT2D eigenvalue weighted by atomic mass is 35.5. The summed E-state index contributed by atoms with van der Waals surface area (Å²) in [4.78, 5) is 14.0. The van der Waals surface area contributed by atoms with Gasteiger partial charge in [0.25, 0.3) is 0 Å². The van der Waals surface area contributed by atoms with Crippen molar-refractivity contribution in [1.82, 2.24) is 9.78 Å². The zero-order valence-corrected chi connectivity index (χ0v) is 24.0. The average Bonchev–Trinajstić information content (AvgIpc) is 3.32. The molecule has 0 unspecified atom stereocenters. The van der Waals surface area contributed by atoms with Gasteiger partial charge in [-0.1, -0.05) is 59.6 Å². The molecule has 0 fully saturated rings. The summed E-state index contributed by atoms with van der Waals surface area (Å²) in [5.74, 6) is -0.391. The fourth-order valence-corrected chi connectivity index (χ4v) is 5.73. The summed E-state index contributed by atoms with van der Waals surface area (Å²) in [5.41, 5.74) is 5.74. The fourth-order valence-electron chi connectivity index (χ4n) is 4.07. The molecule has 0 saturated heterocycles. The molecule has 0 aliphatic rings. The molecule has 0 amide bonds. The standard InChI is InChI=1S/C27H26Cl2N4O2S2/c1-5-35-26(34)23-22(19-9-7-6-8-10-19)17(4)37-25(23)31-27(36)30-24-15(2)32-33(16(24)3)14-18-11-12-20(28)21(29)13-18/h6-13H,5,14H2,1-4H3,(H2,30,31,36). The predicted octanol–water partition coefficient (Wildman–Crippen LogP) is 7.88. The van der Waals surface area contributed by atoms with E-state index in [1.807, 2.05) is 67.9 Å². The molecule has 2 aromatic heterocycles. The van der Waals surface area contributed by atoms with E-state index < -0.39 is 5.97 Å². The summed E-state index contributed by atoms with van der Waals surface area (Å²) in [6.45, 7) is 8.47.